The Morgan fingerprint density at radius 1 is 1.26 bits per heavy atom. The van der Waals surface area contributed by atoms with Crippen molar-refractivity contribution in [3.8, 4) is 0 Å². The number of nitrogens with two attached hydrogens (primary N) is 1. The van der Waals surface area contributed by atoms with Crippen molar-refractivity contribution in [2.24, 2.45) is 5.73 Å². The summed E-state index contributed by atoms with van der Waals surface area (Å²) in [6.07, 6.45) is 1.05. The second-order valence-corrected chi connectivity index (χ2v) is 5.30. The number of hydrogen-bond donors (Lipinski definition) is 2. The third-order valence-electron chi connectivity index (χ3n) is 2.90. The Morgan fingerprint density at radius 2 is 1.95 bits per heavy atom. The Morgan fingerprint density at radius 3 is 2.47 bits per heavy atom. The number of anilines is 1. The van der Waals surface area contributed by atoms with Crippen molar-refractivity contribution < 1.29 is 0 Å². The fourth-order valence-electron chi connectivity index (χ4n) is 1.94. The summed E-state index contributed by atoms with van der Waals surface area (Å²) < 4.78 is 0. The van der Waals surface area contributed by atoms with Crippen molar-refractivity contribution in [3.05, 3.63) is 28.8 Å². The molecule has 0 radical (unpaired) electrons. The molecule has 0 aromatic heterocycles. The van der Waals surface area contributed by atoms with E-state index in [-0.39, 0.29) is 5.84 Å². The highest BCUT2D eigenvalue weighted by Crippen LogP contribution is 2.24. The molecule has 0 saturated heterocycles. The van der Waals surface area contributed by atoms with Crippen LogP contribution in [0.5, 0.6) is 0 Å². The second kappa shape index (κ2) is 7.36. The summed E-state index contributed by atoms with van der Waals surface area (Å²) in [6, 6.07) is 5.56. The molecule has 0 atom stereocenters. The molecule has 4 nitrogen and oxygen atoms in total. The van der Waals surface area contributed by atoms with Gasteiger partial charge in [-0.15, -0.1) is 0 Å². The Labute approximate surface area is 120 Å². The number of rotatable bonds is 7. The van der Waals surface area contributed by atoms with E-state index in [0.29, 0.717) is 10.6 Å². The maximum atomic E-state index is 7.70. The molecule has 106 valence electrons. The molecule has 1 rings (SSSR count). The first kappa shape index (κ1) is 15.8. The standard InChI is InChI=1S/C14H23ClN4/c1-4-7-19(9-8-18(2)3)13-6-5-11(15)10-12(13)14(16)17/h5-6,10H,4,7-9H2,1-3H3,(H3,16,17). The third-order valence-corrected chi connectivity index (χ3v) is 3.14. The Balaban J connectivity index is 3.03. The SMILES string of the molecule is CCCN(CCN(C)C)c1ccc(Cl)cc1C(=N)N. The van der Waals surface area contributed by atoms with E-state index in [0.717, 1.165) is 31.7 Å². The van der Waals surface area contributed by atoms with Gasteiger partial charge in [-0.2, -0.15) is 0 Å². The Bertz CT molecular complexity index is 431. The molecule has 0 fully saturated rings. The smallest absolute Gasteiger partial charge is 0.124 e. The molecule has 0 spiro atoms. The van der Waals surface area contributed by atoms with Crippen LogP contribution in [0.15, 0.2) is 18.2 Å². The molecule has 0 aliphatic carbocycles. The highest BCUT2D eigenvalue weighted by Gasteiger charge is 2.13. The maximum Gasteiger partial charge on any atom is 0.124 e. The number of hydrogen-bond acceptors (Lipinski definition) is 3. The van der Waals surface area contributed by atoms with Gasteiger partial charge in [-0.1, -0.05) is 18.5 Å². The first-order valence-electron chi connectivity index (χ1n) is 6.49. The van der Waals surface area contributed by atoms with E-state index >= 15 is 0 Å². The minimum atomic E-state index is 0.0588. The lowest BCUT2D eigenvalue weighted by Crippen LogP contribution is -2.33. The van der Waals surface area contributed by atoms with Crippen molar-refractivity contribution in [1.29, 1.82) is 5.41 Å². The zero-order valence-corrected chi connectivity index (χ0v) is 12.7. The number of halogens is 1. The van der Waals surface area contributed by atoms with Crippen LogP contribution < -0.4 is 10.6 Å². The molecule has 3 N–H and O–H groups in total. The average Bonchev–Trinajstić information content (AvgIpc) is 2.34. The van der Waals surface area contributed by atoms with Crippen LogP contribution in [0.25, 0.3) is 0 Å². The van der Waals surface area contributed by atoms with Crippen molar-refractivity contribution in [3.63, 3.8) is 0 Å². The van der Waals surface area contributed by atoms with Gasteiger partial charge < -0.3 is 15.5 Å². The zero-order chi connectivity index (χ0) is 14.4. The second-order valence-electron chi connectivity index (χ2n) is 4.87. The summed E-state index contributed by atoms with van der Waals surface area (Å²) in [7, 11) is 4.11. The predicted octanol–water partition coefficient (Wildman–Crippen LogP) is 2.40. The highest BCUT2D eigenvalue weighted by atomic mass is 35.5. The minimum Gasteiger partial charge on any atom is -0.384 e. The van der Waals surface area contributed by atoms with Gasteiger partial charge in [-0.25, -0.2) is 0 Å². The van der Waals surface area contributed by atoms with E-state index in [1.165, 1.54) is 0 Å². The fourth-order valence-corrected chi connectivity index (χ4v) is 2.12. The van der Waals surface area contributed by atoms with Crippen LogP contribution in [0.2, 0.25) is 5.02 Å². The summed E-state index contributed by atoms with van der Waals surface area (Å²) >= 11 is 5.99. The van der Waals surface area contributed by atoms with Crippen molar-refractivity contribution in [2.75, 3.05) is 38.6 Å². The molecule has 5 heteroatoms. The molecular formula is C14H23ClN4. The molecule has 1 aromatic carbocycles. The van der Waals surface area contributed by atoms with Crippen LogP contribution in [0.1, 0.15) is 18.9 Å². The lowest BCUT2D eigenvalue weighted by Gasteiger charge is -2.28. The van der Waals surface area contributed by atoms with Gasteiger partial charge in [0.1, 0.15) is 5.84 Å². The van der Waals surface area contributed by atoms with E-state index in [2.05, 4.69) is 30.8 Å². The number of benzene rings is 1. The molecule has 0 heterocycles. The number of nitrogen functional groups attached to an aromatic ring is 1. The molecule has 0 amide bonds. The van der Waals surface area contributed by atoms with Gasteiger partial charge in [0.05, 0.1) is 0 Å². The summed E-state index contributed by atoms with van der Waals surface area (Å²) in [6.45, 7) is 4.95. The van der Waals surface area contributed by atoms with Crippen molar-refractivity contribution in [1.82, 2.24) is 4.90 Å². The van der Waals surface area contributed by atoms with Crippen LogP contribution in [-0.2, 0) is 0 Å². The Kier molecular flexibility index (Phi) is 6.12. The summed E-state index contributed by atoms with van der Waals surface area (Å²) in [5, 5.41) is 8.31. The Hall–Kier alpha value is -1.26. The van der Waals surface area contributed by atoms with Gasteiger partial charge in [-0.3, -0.25) is 5.41 Å². The van der Waals surface area contributed by atoms with Crippen LogP contribution in [-0.4, -0.2) is 44.5 Å². The lowest BCUT2D eigenvalue weighted by atomic mass is 10.1. The number of nitrogens with one attached hydrogen (secondary N) is 1. The van der Waals surface area contributed by atoms with Gasteiger partial charge in [-0.05, 0) is 38.7 Å². The normalized spacial score (nSPS) is 10.8. The van der Waals surface area contributed by atoms with E-state index < -0.39 is 0 Å². The van der Waals surface area contributed by atoms with Gasteiger partial charge in [0.25, 0.3) is 0 Å². The van der Waals surface area contributed by atoms with Crippen LogP contribution >= 0.6 is 11.6 Å². The molecule has 0 saturated carbocycles. The van der Waals surface area contributed by atoms with E-state index in [4.69, 9.17) is 22.7 Å². The predicted molar refractivity (Wildman–Crippen MR) is 83.5 cm³/mol. The summed E-state index contributed by atoms with van der Waals surface area (Å²) in [4.78, 5) is 4.40. The molecule has 0 aliphatic rings. The summed E-state index contributed by atoms with van der Waals surface area (Å²) in [5.41, 5.74) is 7.36. The number of amidine groups is 1. The third kappa shape index (κ3) is 4.73. The van der Waals surface area contributed by atoms with E-state index in [9.17, 15) is 0 Å². The van der Waals surface area contributed by atoms with Crippen molar-refractivity contribution in [2.45, 2.75) is 13.3 Å². The minimum absolute atomic E-state index is 0.0588. The summed E-state index contributed by atoms with van der Waals surface area (Å²) in [5.74, 6) is 0.0588. The van der Waals surface area contributed by atoms with Gasteiger partial charge in [0, 0.05) is 35.9 Å². The van der Waals surface area contributed by atoms with E-state index in [1.54, 1.807) is 6.07 Å². The largest absolute Gasteiger partial charge is 0.384 e. The molecular weight excluding hydrogens is 260 g/mol. The zero-order valence-electron chi connectivity index (χ0n) is 11.9. The maximum absolute atomic E-state index is 7.70. The lowest BCUT2D eigenvalue weighted by molar-refractivity contribution is 0.413. The first-order valence-corrected chi connectivity index (χ1v) is 6.87. The van der Waals surface area contributed by atoms with Crippen LogP contribution in [0.4, 0.5) is 5.69 Å². The van der Waals surface area contributed by atoms with Crippen molar-refractivity contribution >= 4 is 23.1 Å². The number of likely N-dealkylation sites (N-methyl/N-ethyl adjacent to an activating group) is 1. The molecule has 19 heavy (non-hydrogen) atoms. The monoisotopic (exact) mass is 282 g/mol. The number of nitrogens with zero attached hydrogens (tertiary/aromatic N) is 2. The quantitative estimate of drug-likeness (QED) is 0.596. The fraction of sp³-hybridized carbons (Fsp3) is 0.500. The molecule has 0 bridgehead atoms. The highest BCUT2D eigenvalue weighted by molar-refractivity contribution is 6.31. The van der Waals surface area contributed by atoms with Crippen LogP contribution in [0, 0.1) is 5.41 Å². The topological polar surface area (TPSA) is 56.4 Å². The van der Waals surface area contributed by atoms with Gasteiger partial charge in [0.2, 0.25) is 0 Å². The molecule has 0 unspecified atom stereocenters. The first-order chi connectivity index (χ1) is 8.95. The average molecular weight is 283 g/mol. The molecule has 0 aliphatic heterocycles. The molecule has 1 aromatic rings. The van der Waals surface area contributed by atoms with Crippen LogP contribution in [0.3, 0.4) is 0 Å². The van der Waals surface area contributed by atoms with Gasteiger partial charge in [0.15, 0.2) is 0 Å². The van der Waals surface area contributed by atoms with E-state index in [1.807, 2.05) is 12.1 Å². The van der Waals surface area contributed by atoms with Gasteiger partial charge >= 0.3 is 0 Å².